The van der Waals surface area contributed by atoms with Crippen molar-refractivity contribution >= 4 is 6.21 Å². The maximum absolute atomic E-state index is 5.70. The van der Waals surface area contributed by atoms with Crippen LogP contribution in [0.2, 0.25) is 0 Å². The van der Waals surface area contributed by atoms with Crippen molar-refractivity contribution in [2.45, 2.75) is 26.9 Å². The third-order valence-corrected chi connectivity index (χ3v) is 2.07. The third kappa shape index (κ3) is 4.65. The molecular weight excluding hydrogens is 228 g/mol. The number of hydrazone groups is 1. The molecule has 0 heterocycles. The largest absolute Gasteiger partial charge is 0.490 e. The highest BCUT2D eigenvalue weighted by atomic mass is 16.5. The number of rotatable bonds is 6. The van der Waals surface area contributed by atoms with E-state index in [0.29, 0.717) is 6.61 Å². The van der Waals surface area contributed by atoms with Gasteiger partial charge >= 0.3 is 0 Å². The van der Waals surface area contributed by atoms with Crippen molar-refractivity contribution in [3.63, 3.8) is 0 Å². The Labute approximate surface area is 109 Å². The van der Waals surface area contributed by atoms with Crippen LogP contribution in [-0.4, -0.2) is 38.0 Å². The zero-order valence-corrected chi connectivity index (χ0v) is 11.8. The van der Waals surface area contributed by atoms with E-state index in [0.717, 1.165) is 17.1 Å². The van der Waals surface area contributed by atoms with E-state index < -0.39 is 0 Å². The lowest BCUT2D eigenvalue weighted by molar-refractivity contribution is 0.224. The van der Waals surface area contributed by atoms with Gasteiger partial charge < -0.3 is 14.5 Å². The van der Waals surface area contributed by atoms with Gasteiger partial charge in [0.15, 0.2) is 11.5 Å². The monoisotopic (exact) mass is 250 g/mol. The Hall–Kier alpha value is -1.71. The van der Waals surface area contributed by atoms with Crippen LogP contribution in [0.1, 0.15) is 26.3 Å². The zero-order valence-electron chi connectivity index (χ0n) is 11.8. The predicted molar refractivity (Wildman–Crippen MR) is 74.7 cm³/mol. The molecule has 0 bridgehead atoms. The van der Waals surface area contributed by atoms with Gasteiger partial charge in [-0.2, -0.15) is 5.10 Å². The lowest BCUT2D eigenvalue weighted by Gasteiger charge is -2.14. The summed E-state index contributed by atoms with van der Waals surface area (Å²) in [5.74, 6) is 1.53. The summed E-state index contributed by atoms with van der Waals surface area (Å²) in [4.78, 5) is 0. The van der Waals surface area contributed by atoms with Gasteiger partial charge in [0, 0.05) is 14.1 Å². The molecule has 4 nitrogen and oxygen atoms in total. The van der Waals surface area contributed by atoms with E-state index in [9.17, 15) is 0 Å². The summed E-state index contributed by atoms with van der Waals surface area (Å²) < 4.78 is 11.3. The van der Waals surface area contributed by atoms with Crippen molar-refractivity contribution in [3.05, 3.63) is 23.8 Å². The average Bonchev–Trinajstić information content (AvgIpc) is 2.29. The molecule has 0 unspecified atom stereocenters. The second-order valence-corrected chi connectivity index (χ2v) is 4.40. The number of nitrogens with zero attached hydrogens (tertiary/aromatic N) is 2. The third-order valence-electron chi connectivity index (χ3n) is 2.07. The molecule has 4 heteroatoms. The molecule has 1 rings (SSSR count). The molecule has 0 aliphatic carbocycles. The molecule has 0 saturated heterocycles. The van der Waals surface area contributed by atoms with E-state index in [2.05, 4.69) is 5.10 Å². The quantitative estimate of drug-likeness (QED) is 0.575. The fourth-order valence-corrected chi connectivity index (χ4v) is 1.41. The average molecular weight is 250 g/mol. The lowest BCUT2D eigenvalue weighted by atomic mass is 10.2. The summed E-state index contributed by atoms with van der Waals surface area (Å²) in [6.07, 6.45) is 1.92. The minimum absolute atomic E-state index is 0.130. The topological polar surface area (TPSA) is 34.1 Å². The maximum Gasteiger partial charge on any atom is 0.161 e. The van der Waals surface area contributed by atoms with Crippen LogP contribution in [0, 0.1) is 0 Å². The Morgan fingerprint density at radius 2 is 2.00 bits per heavy atom. The standard InChI is InChI=1S/C14H22N2O2/c1-6-17-14-9-12(10-15-16(4)5)7-8-13(14)18-11(2)3/h7-11H,6H2,1-5H3/b15-10+. The molecule has 0 amide bonds. The van der Waals surface area contributed by atoms with Crippen LogP contribution in [0.25, 0.3) is 0 Å². The molecule has 0 radical (unpaired) electrons. The Morgan fingerprint density at radius 3 is 2.56 bits per heavy atom. The Morgan fingerprint density at radius 1 is 1.28 bits per heavy atom. The second kappa shape index (κ2) is 6.89. The summed E-state index contributed by atoms with van der Waals surface area (Å²) in [7, 11) is 3.77. The van der Waals surface area contributed by atoms with Gasteiger partial charge in [-0.3, -0.25) is 0 Å². The fraction of sp³-hybridized carbons (Fsp3) is 0.500. The van der Waals surface area contributed by atoms with Gasteiger partial charge in [0.25, 0.3) is 0 Å². The summed E-state index contributed by atoms with van der Waals surface area (Å²) in [6, 6.07) is 5.82. The summed E-state index contributed by atoms with van der Waals surface area (Å²) in [5.41, 5.74) is 0.989. The van der Waals surface area contributed by atoms with Gasteiger partial charge in [0.2, 0.25) is 0 Å². The molecule has 0 aromatic heterocycles. The van der Waals surface area contributed by atoms with Gasteiger partial charge in [0.05, 0.1) is 18.9 Å². The van der Waals surface area contributed by atoms with E-state index in [1.54, 1.807) is 11.2 Å². The predicted octanol–water partition coefficient (Wildman–Crippen LogP) is 2.77. The van der Waals surface area contributed by atoms with Crippen molar-refractivity contribution < 1.29 is 9.47 Å². The van der Waals surface area contributed by atoms with Crippen LogP contribution < -0.4 is 9.47 Å². The van der Waals surface area contributed by atoms with Crippen LogP contribution in [0.5, 0.6) is 11.5 Å². The first-order valence-electron chi connectivity index (χ1n) is 6.17. The van der Waals surface area contributed by atoms with Gasteiger partial charge in [-0.15, -0.1) is 0 Å². The molecule has 0 N–H and O–H groups in total. The summed E-state index contributed by atoms with van der Waals surface area (Å²) in [5, 5.41) is 5.95. The molecule has 0 atom stereocenters. The normalized spacial score (nSPS) is 11.0. The molecule has 0 saturated carbocycles. The molecule has 100 valence electrons. The molecule has 1 aromatic carbocycles. The minimum Gasteiger partial charge on any atom is -0.490 e. The van der Waals surface area contributed by atoms with E-state index in [4.69, 9.17) is 9.47 Å². The van der Waals surface area contributed by atoms with Crippen molar-refractivity contribution in [3.8, 4) is 11.5 Å². The lowest BCUT2D eigenvalue weighted by Crippen LogP contribution is -2.08. The van der Waals surface area contributed by atoms with E-state index in [1.807, 2.05) is 53.1 Å². The molecule has 0 aliphatic rings. The zero-order chi connectivity index (χ0) is 13.5. The van der Waals surface area contributed by atoms with Crippen LogP contribution in [0.4, 0.5) is 0 Å². The van der Waals surface area contributed by atoms with Crippen molar-refractivity contribution in [1.29, 1.82) is 0 Å². The van der Waals surface area contributed by atoms with Crippen molar-refractivity contribution in [2.75, 3.05) is 20.7 Å². The van der Waals surface area contributed by atoms with Gasteiger partial charge in [0.1, 0.15) is 0 Å². The molecule has 0 fully saturated rings. The van der Waals surface area contributed by atoms with Gasteiger partial charge in [-0.25, -0.2) is 0 Å². The number of hydrogen-bond acceptors (Lipinski definition) is 4. The smallest absolute Gasteiger partial charge is 0.161 e. The number of hydrogen-bond donors (Lipinski definition) is 0. The summed E-state index contributed by atoms with van der Waals surface area (Å²) >= 11 is 0. The van der Waals surface area contributed by atoms with Crippen LogP contribution in [0.15, 0.2) is 23.3 Å². The summed E-state index contributed by atoms with van der Waals surface area (Å²) in [6.45, 7) is 6.57. The van der Waals surface area contributed by atoms with Crippen LogP contribution >= 0.6 is 0 Å². The Bertz CT molecular complexity index is 401. The molecule has 0 spiro atoms. The van der Waals surface area contributed by atoms with Crippen molar-refractivity contribution in [2.24, 2.45) is 5.10 Å². The second-order valence-electron chi connectivity index (χ2n) is 4.40. The number of ether oxygens (including phenoxy) is 2. The number of benzene rings is 1. The van der Waals surface area contributed by atoms with E-state index in [1.165, 1.54) is 0 Å². The first-order valence-corrected chi connectivity index (χ1v) is 6.17. The SMILES string of the molecule is CCOc1cc(/C=N/N(C)C)ccc1OC(C)C. The first-order chi connectivity index (χ1) is 8.52. The molecule has 0 aliphatic heterocycles. The maximum atomic E-state index is 5.70. The molecule has 1 aromatic rings. The molecular formula is C14H22N2O2. The van der Waals surface area contributed by atoms with Gasteiger partial charge in [-0.05, 0) is 44.5 Å². The van der Waals surface area contributed by atoms with Crippen LogP contribution in [0.3, 0.4) is 0 Å². The van der Waals surface area contributed by atoms with Crippen molar-refractivity contribution in [1.82, 2.24) is 5.01 Å². The van der Waals surface area contributed by atoms with E-state index in [-0.39, 0.29) is 6.10 Å². The molecule has 18 heavy (non-hydrogen) atoms. The van der Waals surface area contributed by atoms with Gasteiger partial charge in [-0.1, -0.05) is 0 Å². The van der Waals surface area contributed by atoms with Crippen LogP contribution in [-0.2, 0) is 0 Å². The Kier molecular flexibility index (Phi) is 5.49. The first kappa shape index (κ1) is 14.4. The Balaban J connectivity index is 2.95. The highest BCUT2D eigenvalue weighted by molar-refractivity contribution is 5.80. The van der Waals surface area contributed by atoms with E-state index >= 15 is 0 Å². The minimum atomic E-state index is 0.130. The fourth-order valence-electron chi connectivity index (χ4n) is 1.41. The highest BCUT2D eigenvalue weighted by Gasteiger charge is 2.07. The highest BCUT2D eigenvalue weighted by Crippen LogP contribution is 2.28.